The SMILES string of the molecule is CC(C)(C)OC(=O)NCCOCCOCCOCCOCCOc1c(-c2csc(N3CCOCC3)n2)ccc(F)c1F. The van der Waals surface area contributed by atoms with Crippen molar-refractivity contribution in [1.82, 2.24) is 10.3 Å². The van der Waals surface area contributed by atoms with Gasteiger partial charge in [-0.2, -0.15) is 4.39 Å². The van der Waals surface area contributed by atoms with E-state index in [0.29, 0.717) is 77.3 Å². The largest absolute Gasteiger partial charge is 0.487 e. The zero-order chi connectivity index (χ0) is 30.2. The molecule has 1 aliphatic heterocycles. The minimum atomic E-state index is -1.06. The topological polar surface area (TPSA) is 110 Å². The van der Waals surface area contributed by atoms with E-state index < -0.39 is 23.3 Å². The Hall–Kier alpha value is -2.62. The fraction of sp³-hybridized carbons (Fsp3) is 0.643. The summed E-state index contributed by atoms with van der Waals surface area (Å²) >= 11 is 1.44. The quantitative estimate of drug-likeness (QED) is 0.248. The van der Waals surface area contributed by atoms with Crippen molar-refractivity contribution in [2.75, 3.05) is 97.2 Å². The molecule has 0 bridgehead atoms. The van der Waals surface area contributed by atoms with Crippen molar-refractivity contribution in [1.29, 1.82) is 0 Å². The van der Waals surface area contributed by atoms with Crippen LogP contribution in [0.5, 0.6) is 5.75 Å². The first-order valence-corrected chi connectivity index (χ1v) is 14.8. The predicted octanol–water partition coefficient (Wildman–Crippen LogP) is 3.89. The average molecular weight is 618 g/mol. The van der Waals surface area contributed by atoms with E-state index in [4.69, 9.17) is 33.2 Å². The van der Waals surface area contributed by atoms with Gasteiger partial charge in [-0.05, 0) is 32.9 Å². The number of benzene rings is 1. The molecule has 14 heteroatoms. The number of ether oxygens (including phenoxy) is 7. The summed E-state index contributed by atoms with van der Waals surface area (Å²) in [4.78, 5) is 18.2. The van der Waals surface area contributed by atoms with E-state index in [1.165, 1.54) is 17.4 Å². The molecule has 0 atom stereocenters. The van der Waals surface area contributed by atoms with Crippen LogP contribution in [0.2, 0.25) is 0 Å². The van der Waals surface area contributed by atoms with Crippen molar-refractivity contribution in [3.05, 3.63) is 29.1 Å². The number of morpholine rings is 1. The highest BCUT2D eigenvalue weighted by atomic mass is 32.1. The Morgan fingerprint density at radius 1 is 0.952 bits per heavy atom. The van der Waals surface area contributed by atoms with Crippen molar-refractivity contribution in [3.8, 4) is 17.0 Å². The summed E-state index contributed by atoms with van der Waals surface area (Å²) in [6.07, 6.45) is -0.476. The van der Waals surface area contributed by atoms with E-state index in [1.54, 1.807) is 20.8 Å². The minimum absolute atomic E-state index is 0.0320. The standard InChI is InChI=1S/C28H41F2N3O8S/c1-28(2,3)41-27(34)31-6-9-35-12-13-37-14-15-38-16-17-39-18-19-40-25-21(4-5-22(29)24(25)30)23-20-42-26(32-23)33-7-10-36-11-8-33/h4-5,20H,6-19H2,1-3H3,(H,31,34). The van der Waals surface area contributed by atoms with Crippen LogP contribution < -0.4 is 15.0 Å². The van der Waals surface area contributed by atoms with Gasteiger partial charge in [0.1, 0.15) is 12.2 Å². The molecule has 1 N–H and O–H groups in total. The zero-order valence-electron chi connectivity index (χ0n) is 24.5. The molecular weight excluding hydrogens is 576 g/mol. The van der Waals surface area contributed by atoms with Gasteiger partial charge < -0.3 is 43.4 Å². The third kappa shape index (κ3) is 12.3. The molecule has 1 aliphatic rings. The summed E-state index contributed by atoms with van der Waals surface area (Å²) in [5.41, 5.74) is 0.373. The number of rotatable bonds is 18. The Bertz CT molecular complexity index is 1080. The molecule has 236 valence electrons. The smallest absolute Gasteiger partial charge is 0.407 e. The van der Waals surface area contributed by atoms with Crippen LogP contribution in [0.15, 0.2) is 17.5 Å². The summed E-state index contributed by atoms with van der Waals surface area (Å²) in [5, 5.41) is 5.22. The molecule has 1 amide bonds. The molecule has 3 rings (SSSR count). The zero-order valence-corrected chi connectivity index (χ0v) is 25.3. The van der Waals surface area contributed by atoms with E-state index in [2.05, 4.69) is 15.2 Å². The Labute approximate surface area is 249 Å². The lowest BCUT2D eigenvalue weighted by Crippen LogP contribution is -2.36. The summed E-state index contributed by atoms with van der Waals surface area (Å²) < 4.78 is 66.4. The second-order valence-electron chi connectivity index (χ2n) is 10.1. The van der Waals surface area contributed by atoms with Gasteiger partial charge in [-0.3, -0.25) is 0 Å². The third-order valence-electron chi connectivity index (χ3n) is 5.60. The van der Waals surface area contributed by atoms with Crippen LogP contribution in [0, 0.1) is 11.6 Å². The van der Waals surface area contributed by atoms with Crippen molar-refractivity contribution in [2.45, 2.75) is 26.4 Å². The van der Waals surface area contributed by atoms with Crippen LogP contribution in [-0.4, -0.2) is 109 Å². The molecule has 0 aliphatic carbocycles. The van der Waals surface area contributed by atoms with Gasteiger partial charge in [0.25, 0.3) is 0 Å². The number of nitrogens with zero attached hydrogens (tertiary/aromatic N) is 2. The first-order valence-electron chi connectivity index (χ1n) is 13.9. The molecule has 2 heterocycles. The number of aromatic nitrogens is 1. The molecule has 0 saturated carbocycles. The van der Waals surface area contributed by atoms with Gasteiger partial charge in [0, 0.05) is 30.6 Å². The number of carbonyl (C=O) groups excluding carboxylic acids is 1. The van der Waals surface area contributed by atoms with Gasteiger partial charge in [-0.25, -0.2) is 14.2 Å². The average Bonchev–Trinajstić information content (AvgIpc) is 3.44. The minimum Gasteiger partial charge on any atom is -0.487 e. The Morgan fingerprint density at radius 2 is 1.55 bits per heavy atom. The maximum atomic E-state index is 14.6. The molecule has 1 saturated heterocycles. The predicted molar refractivity (Wildman–Crippen MR) is 154 cm³/mol. The van der Waals surface area contributed by atoms with E-state index in [9.17, 15) is 13.6 Å². The lowest BCUT2D eigenvalue weighted by molar-refractivity contribution is -0.00465. The van der Waals surface area contributed by atoms with Gasteiger partial charge in [-0.15, -0.1) is 11.3 Å². The molecule has 1 fully saturated rings. The van der Waals surface area contributed by atoms with Crippen LogP contribution in [-0.2, 0) is 28.4 Å². The van der Waals surface area contributed by atoms with E-state index >= 15 is 0 Å². The number of anilines is 1. The summed E-state index contributed by atoms with van der Waals surface area (Å²) in [6.45, 7) is 11.3. The number of hydrogen-bond donors (Lipinski definition) is 1. The fourth-order valence-electron chi connectivity index (χ4n) is 3.67. The van der Waals surface area contributed by atoms with Crippen LogP contribution in [0.25, 0.3) is 11.3 Å². The fourth-order valence-corrected chi connectivity index (χ4v) is 4.55. The number of carbonyl (C=O) groups is 1. The maximum Gasteiger partial charge on any atom is 0.407 e. The van der Waals surface area contributed by atoms with Gasteiger partial charge in [0.15, 0.2) is 16.7 Å². The number of amides is 1. The number of hydrogen-bond acceptors (Lipinski definition) is 11. The first-order chi connectivity index (χ1) is 20.2. The van der Waals surface area contributed by atoms with Crippen LogP contribution in [0.3, 0.4) is 0 Å². The van der Waals surface area contributed by atoms with E-state index in [-0.39, 0.29) is 19.0 Å². The van der Waals surface area contributed by atoms with Crippen molar-refractivity contribution >= 4 is 22.6 Å². The number of halogens is 2. The highest BCUT2D eigenvalue weighted by Crippen LogP contribution is 2.36. The summed E-state index contributed by atoms with van der Waals surface area (Å²) in [6, 6.07) is 2.54. The van der Waals surface area contributed by atoms with Crippen LogP contribution in [0.4, 0.5) is 18.7 Å². The molecule has 0 radical (unpaired) electrons. The highest BCUT2D eigenvalue weighted by Gasteiger charge is 2.21. The number of nitrogens with one attached hydrogen (secondary N) is 1. The monoisotopic (exact) mass is 617 g/mol. The number of thiazole rings is 1. The molecule has 42 heavy (non-hydrogen) atoms. The van der Waals surface area contributed by atoms with Crippen molar-refractivity contribution in [3.63, 3.8) is 0 Å². The summed E-state index contributed by atoms with van der Waals surface area (Å²) in [5.74, 6) is -2.23. The Balaban J connectivity index is 1.22. The second-order valence-corrected chi connectivity index (χ2v) is 10.9. The van der Waals surface area contributed by atoms with Gasteiger partial charge in [-0.1, -0.05) is 0 Å². The third-order valence-corrected chi connectivity index (χ3v) is 6.51. The van der Waals surface area contributed by atoms with E-state index in [0.717, 1.165) is 24.3 Å². The first kappa shape index (κ1) is 33.9. The molecule has 0 spiro atoms. The number of alkyl carbamates (subject to hydrolysis) is 1. The molecule has 1 aromatic carbocycles. The van der Waals surface area contributed by atoms with Crippen molar-refractivity contribution in [2.24, 2.45) is 0 Å². The lowest BCUT2D eigenvalue weighted by Gasteiger charge is -2.26. The molecular formula is C28H41F2N3O8S. The molecule has 0 unspecified atom stereocenters. The molecule has 2 aromatic rings. The maximum absolute atomic E-state index is 14.6. The molecule has 11 nitrogen and oxygen atoms in total. The van der Waals surface area contributed by atoms with Crippen LogP contribution >= 0.6 is 11.3 Å². The van der Waals surface area contributed by atoms with Crippen LogP contribution in [0.1, 0.15) is 20.8 Å². The van der Waals surface area contributed by atoms with Gasteiger partial charge in [0.2, 0.25) is 5.82 Å². The molecule has 1 aromatic heterocycles. The highest BCUT2D eigenvalue weighted by molar-refractivity contribution is 7.14. The lowest BCUT2D eigenvalue weighted by atomic mass is 10.1. The second kappa shape index (κ2) is 18.1. The normalized spacial score (nSPS) is 13.8. The Morgan fingerprint density at radius 3 is 2.17 bits per heavy atom. The Kier molecular flexibility index (Phi) is 14.6. The van der Waals surface area contributed by atoms with Gasteiger partial charge >= 0.3 is 6.09 Å². The van der Waals surface area contributed by atoms with Gasteiger partial charge in [0.05, 0.1) is 71.8 Å². The van der Waals surface area contributed by atoms with Crippen molar-refractivity contribution < 1.29 is 46.7 Å². The van der Waals surface area contributed by atoms with E-state index in [1.807, 2.05) is 5.38 Å². The summed E-state index contributed by atoms with van der Waals surface area (Å²) in [7, 11) is 0.